The number of ether oxygens (including phenoxy) is 3. The van der Waals surface area contributed by atoms with E-state index in [1.165, 1.54) is 18.4 Å². The number of hydrogen-bond acceptors (Lipinski definition) is 4. The first-order chi connectivity index (χ1) is 9.80. The molecular weight excluding hydrogens is 254 g/mol. The Kier molecular flexibility index (Phi) is 5.68. The van der Waals surface area contributed by atoms with Crippen LogP contribution in [0, 0.1) is 5.92 Å². The molecule has 1 aliphatic rings. The molecule has 0 saturated carbocycles. The molecule has 1 atom stereocenters. The molecule has 4 heteroatoms. The number of rotatable bonds is 6. The van der Waals surface area contributed by atoms with Crippen LogP contribution in [0.4, 0.5) is 0 Å². The van der Waals surface area contributed by atoms with Crippen LogP contribution >= 0.6 is 0 Å². The highest BCUT2D eigenvalue weighted by molar-refractivity contribution is 5.50. The molecule has 0 aromatic heterocycles. The number of benzene rings is 1. The Morgan fingerprint density at radius 3 is 2.65 bits per heavy atom. The summed E-state index contributed by atoms with van der Waals surface area (Å²) in [4.78, 5) is 0. The average molecular weight is 279 g/mol. The van der Waals surface area contributed by atoms with Crippen molar-refractivity contribution >= 4 is 0 Å². The predicted octanol–water partition coefficient (Wildman–Crippen LogP) is 2.39. The molecule has 1 aromatic rings. The van der Waals surface area contributed by atoms with Crippen molar-refractivity contribution in [2.75, 3.05) is 34.4 Å². The van der Waals surface area contributed by atoms with Crippen molar-refractivity contribution in [3.8, 4) is 11.5 Å². The minimum atomic E-state index is 0.551. The smallest absolute Gasteiger partial charge is 0.166 e. The van der Waals surface area contributed by atoms with Crippen molar-refractivity contribution < 1.29 is 14.2 Å². The van der Waals surface area contributed by atoms with Crippen LogP contribution in [0.5, 0.6) is 11.5 Å². The lowest BCUT2D eigenvalue weighted by molar-refractivity contribution is 0.179. The summed E-state index contributed by atoms with van der Waals surface area (Å²) in [5.74, 6) is 2.26. The van der Waals surface area contributed by atoms with Crippen molar-refractivity contribution in [2.24, 2.45) is 5.92 Å². The summed E-state index contributed by atoms with van der Waals surface area (Å²) in [7, 11) is 5.06. The first-order valence-electron chi connectivity index (χ1n) is 7.22. The van der Waals surface area contributed by atoms with Gasteiger partial charge in [0.2, 0.25) is 0 Å². The first kappa shape index (κ1) is 15.1. The molecule has 0 radical (unpaired) electrons. The van der Waals surface area contributed by atoms with Gasteiger partial charge in [0.25, 0.3) is 0 Å². The van der Waals surface area contributed by atoms with Gasteiger partial charge in [0.1, 0.15) is 0 Å². The molecule has 0 aliphatic carbocycles. The molecule has 4 nitrogen and oxygen atoms in total. The van der Waals surface area contributed by atoms with Gasteiger partial charge in [0.15, 0.2) is 11.5 Å². The summed E-state index contributed by atoms with van der Waals surface area (Å²) in [6, 6.07) is 4.13. The van der Waals surface area contributed by atoms with Crippen LogP contribution in [0.25, 0.3) is 0 Å². The molecule has 1 aromatic carbocycles. The zero-order chi connectivity index (χ0) is 14.4. The van der Waals surface area contributed by atoms with E-state index in [0.29, 0.717) is 12.5 Å². The first-order valence-corrected chi connectivity index (χ1v) is 7.22. The van der Waals surface area contributed by atoms with Gasteiger partial charge in [0.05, 0.1) is 20.8 Å². The van der Waals surface area contributed by atoms with E-state index in [2.05, 4.69) is 11.4 Å². The Labute approximate surface area is 121 Å². The van der Waals surface area contributed by atoms with Gasteiger partial charge in [-0.25, -0.2) is 0 Å². The van der Waals surface area contributed by atoms with Crippen LogP contribution < -0.4 is 14.8 Å². The molecule has 1 aliphatic heterocycles. The SMILES string of the molecule is COCc1c(CC2CCCNC2)ccc(OC)c1OC. The molecule has 20 heavy (non-hydrogen) atoms. The summed E-state index contributed by atoms with van der Waals surface area (Å²) in [5, 5.41) is 3.47. The van der Waals surface area contributed by atoms with Crippen molar-refractivity contribution in [3.05, 3.63) is 23.3 Å². The van der Waals surface area contributed by atoms with E-state index >= 15 is 0 Å². The number of methoxy groups -OCH3 is 3. The number of nitrogens with one attached hydrogen (secondary N) is 1. The van der Waals surface area contributed by atoms with E-state index in [1.807, 2.05) is 6.07 Å². The molecule has 1 N–H and O–H groups in total. The minimum Gasteiger partial charge on any atom is -0.493 e. The number of piperidine rings is 1. The fraction of sp³-hybridized carbons (Fsp3) is 0.625. The Balaban J connectivity index is 2.25. The fourth-order valence-electron chi connectivity index (χ4n) is 2.93. The van der Waals surface area contributed by atoms with Gasteiger partial charge in [0, 0.05) is 12.7 Å². The summed E-state index contributed by atoms with van der Waals surface area (Å²) in [6.45, 7) is 2.80. The highest BCUT2D eigenvalue weighted by Crippen LogP contribution is 2.35. The van der Waals surface area contributed by atoms with Gasteiger partial charge < -0.3 is 19.5 Å². The standard InChI is InChI=1S/C16H25NO3/c1-18-11-14-13(9-12-5-4-8-17-10-12)6-7-15(19-2)16(14)20-3/h6-7,12,17H,4-5,8-11H2,1-3H3. The maximum absolute atomic E-state index is 5.53. The average Bonchev–Trinajstić information content (AvgIpc) is 2.49. The molecule has 1 saturated heterocycles. The highest BCUT2D eigenvalue weighted by Gasteiger charge is 2.19. The van der Waals surface area contributed by atoms with Crippen LogP contribution in [-0.4, -0.2) is 34.4 Å². The second-order valence-corrected chi connectivity index (χ2v) is 5.29. The van der Waals surface area contributed by atoms with E-state index in [4.69, 9.17) is 14.2 Å². The normalized spacial score (nSPS) is 18.9. The summed E-state index contributed by atoms with van der Waals surface area (Å²) >= 11 is 0. The van der Waals surface area contributed by atoms with Gasteiger partial charge in [-0.05, 0) is 49.9 Å². The summed E-state index contributed by atoms with van der Waals surface area (Å²) in [6.07, 6.45) is 3.61. The van der Waals surface area contributed by atoms with Crippen LogP contribution in [0.1, 0.15) is 24.0 Å². The number of hydrogen-bond donors (Lipinski definition) is 1. The van der Waals surface area contributed by atoms with Gasteiger partial charge in [-0.1, -0.05) is 6.07 Å². The summed E-state index contributed by atoms with van der Waals surface area (Å²) < 4.78 is 16.3. The Morgan fingerprint density at radius 2 is 2.05 bits per heavy atom. The molecular formula is C16H25NO3. The van der Waals surface area contributed by atoms with Gasteiger partial charge in [-0.3, -0.25) is 0 Å². The Morgan fingerprint density at radius 1 is 1.20 bits per heavy atom. The van der Waals surface area contributed by atoms with Crippen molar-refractivity contribution in [3.63, 3.8) is 0 Å². The lowest BCUT2D eigenvalue weighted by atomic mass is 9.90. The van der Waals surface area contributed by atoms with E-state index in [0.717, 1.165) is 36.6 Å². The van der Waals surface area contributed by atoms with Gasteiger partial charge >= 0.3 is 0 Å². The van der Waals surface area contributed by atoms with E-state index in [1.54, 1.807) is 21.3 Å². The molecule has 0 amide bonds. The molecule has 112 valence electrons. The molecule has 1 unspecified atom stereocenters. The third-order valence-corrected chi connectivity index (χ3v) is 3.94. The minimum absolute atomic E-state index is 0.551. The zero-order valence-corrected chi connectivity index (χ0v) is 12.7. The quantitative estimate of drug-likeness (QED) is 0.868. The van der Waals surface area contributed by atoms with Crippen LogP contribution in [-0.2, 0) is 17.8 Å². The largest absolute Gasteiger partial charge is 0.493 e. The third-order valence-electron chi connectivity index (χ3n) is 3.94. The lowest BCUT2D eigenvalue weighted by Gasteiger charge is -2.24. The van der Waals surface area contributed by atoms with Crippen molar-refractivity contribution in [2.45, 2.75) is 25.9 Å². The van der Waals surface area contributed by atoms with Crippen LogP contribution in [0.2, 0.25) is 0 Å². The molecule has 2 rings (SSSR count). The fourth-order valence-corrected chi connectivity index (χ4v) is 2.93. The van der Waals surface area contributed by atoms with Crippen LogP contribution in [0.15, 0.2) is 12.1 Å². The summed E-state index contributed by atoms with van der Waals surface area (Å²) in [5.41, 5.74) is 2.41. The third kappa shape index (κ3) is 3.44. The van der Waals surface area contributed by atoms with Crippen molar-refractivity contribution in [1.29, 1.82) is 0 Å². The topological polar surface area (TPSA) is 39.7 Å². The van der Waals surface area contributed by atoms with Gasteiger partial charge in [-0.15, -0.1) is 0 Å². The lowest BCUT2D eigenvalue weighted by Crippen LogP contribution is -2.31. The molecule has 0 spiro atoms. The monoisotopic (exact) mass is 279 g/mol. The Hall–Kier alpha value is -1.26. The van der Waals surface area contributed by atoms with Crippen LogP contribution in [0.3, 0.4) is 0 Å². The van der Waals surface area contributed by atoms with E-state index in [-0.39, 0.29) is 0 Å². The molecule has 1 heterocycles. The highest BCUT2D eigenvalue weighted by atomic mass is 16.5. The zero-order valence-electron chi connectivity index (χ0n) is 12.7. The Bertz CT molecular complexity index is 428. The predicted molar refractivity (Wildman–Crippen MR) is 79.6 cm³/mol. The molecule has 0 bridgehead atoms. The van der Waals surface area contributed by atoms with Crippen molar-refractivity contribution in [1.82, 2.24) is 5.32 Å². The maximum Gasteiger partial charge on any atom is 0.166 e. The van der Waals surface area contributed by atoms with E-state index < -0.39 is 0 Å². The second kappa shape index (κ2) is 7.50. The van der Waals surface area contributed by atoms with E-state index in [9.17, 15) is 0 Å². The second-order valence-electron chi connectivity index (χ2n) is 5.29. The van der Waals surface area contributed by atoms with Gasteiger partial charge in [-0.2, -0.15) is 0 Å². The maximum atomic E-state index is 5.53. The molecule has 1 fully saturated rings.